The van der Waals surface area contributed by atoms with Crippen molar-refractivity contribution < 1.29 is 9.26 Å². The van der Waals surface area contributed by atoms with Crippen LogP contribution >= 0.6 is 11.8 Å². The van der Waals surface area contributed by atoms with Crippen molar-refractivity contribution in [2.24, 2.45) is 0 Å². The molecule has 1 aliphatic heterocycles. The molecule has 0 bridgehead atoms. The van der Waals surface area contributed by atoms with Crippen LogP contribution in [-0.2, 0) is 17.9 Å². The number of rotatable bonds is 5. The van der Waals surface area contributed by atoms with E-state index in [1.807, 2.05) is 11.8 Å². The Labute approximate surface area is 99.3 Å². The van der Waals surface area contributed by atoms with Gasteiger partial charge < -0.3 is 14.6 Å². The number of nitrogens with zero attached hydrogens (tertiary/aromatic N) is 2. The quantitative estimate of drug-likeness (QED) is 0.838. The fraction of sp³-hybridized carbons (Fsp3) is 0.800. The highest BCUT2D eigenvalue weighted by molar-refractivity contribution is 7.99. The first-order chi connectivity index (χ1) is 7.88. The Hall–Kier alpha value is -0.590. The third-order valence-electron chi connectivity index (χ3n) is 2.49. The molecule has 2 rings (SSSR count). The summed E-state index contributed by atoms with van der Waals surface area (Å²) in [6.45, 7) is 1.06. The average Bonchev–Trinajstić information content (AvgIpc) is 2.76. The van der Waals surface area contributed by atoms with E-state index in [9.17, 15) is 0 Å². The van der Waals surface area contributed by atoms with Crippen LogP contribution in [0.5, 0.6) is 0 Å². The highest BCUT2D eigenvalue weighted by Gasteiger charge is 2.14. The van der Waals surface area contributed by atoms with E-state index < -0.39 is 0 Å². The number of nitrogens with one attached hydrogen (secondary N) is 1. The third-order valence-corrected chi connectivity index (χ3v) is 3.70. The Morgan fingerprint density at radius 3 is 3.31 bits per heavy atom. The van der Waals surface area contributed by atoms with Gasteiger partial charge >= 0.3 is 0 Å². The van der Waals surface area contributed by atoms with Gasteiger partial charge in [-0.2, -0.15) is 16.7 Å². The lowest BCUT2D eigenvalue weighted by Crippen LogP contribution is -2.33. The molecule has 1 aromatic heterocycles. The van der Waals surface area contributed by atoms with Crippen LogP contribution < -0.4 is 5.32 Å². The Morgan fingerprint density at radius 1 is 1.62 bits per heavy atom. The fourth-order valence-electron chi connectivity index (χ4n) is 1.68. The van der Waals surface area contributed by atoms with Crippen LogP contribution in [0.3, 0.4) is 0 Å². The zero-order valence-corrected chi connectivity index (χ0v) is 10.3. The Kier molecular flexibility index (Phi) is 4.62. The molecule has 0 saturated carbocycles. The summed E-state index contributed by atoms with van der Waals surface area (Å²) in [4.78, 5) is 4.21. The van der Waals surface area contributed by atoms with E-state index >= 15 is 0 Å². The van der Waals surface area contributed by atoms with Gasteiger partial charge in [-0.3, -0.25) is 0 Å². The summed E-state index contributed by atoms with van der Waals surface area (Å²) >= 11 is 2.00. The second-order valence-electron chi connectivity index (χ2n) is 3.83. The first kappa shape index (κ1) is 11.9. The number of ether oxygens (including phenoxy) is 1. The van der Waals surface area contributed by atoms with Crippen LogP contribution in [0.1, 0.15) is 24.6 Å². The minimum absolute atomic E-state index is 0.406. The molecule has 1 N–H and O–H groups in total. The number of hydrogen-bond donors (Lipinski definition) is 1. The fourth-order valence-corrected chi connectivity index (χ4v) is 2.79. The topological polar surface area (TPSA) is 60.2 Å². The molecule has 1 aromatic rings. The predicted molar refractivity (Wildman–Crippen MR) is 62.2 cm³/mol. The number of methoxy groups -OCH3 is 1. The van der Waals surface area contributed by atoms with Gasteiger partial charge in [0.2, 0.25) is 5.89 Å². The second kappa shape index (κ2) is 6.22. The van der Waals surface area contributed by atoms with E-state index in [1.54, 1.807) is 7.11 Å². The average molecular weight is 243 g/mol. The van der Waals surface area contributed by atoms with Crippen molar-refractivity contribution in [2.45, 2.75) is 32.0 Å². The zero-order valence-electron chi connectivity index (χ0n) is 9.44. The van der Waals surface area contributed by atoms with Crippen LogP contribution in [0, 0.1) is 0 Å². The van der Waals surface area contributed by atoms with Gasteiger partial charge in [-0.1, -0.05) is 5.16 Å². The Bertz CT molecular complexity index is 313. The lowest BCUT2D eigenvalue weighted by Gasteiger charge is -2.21. The molecule has 0 amide bonds. The number of aromatic nitrogens is 2. The molecular formula is C10H17N3O2S. The predicted octanol–water partition coefficient (Wildman–Crippen LogP) is 1.20. The highest BCUT2D eigenvalue weighted by Crippen LogP contribution is 2.17. The maximum atomic E-state index is 5.10. The SMILES string of the molecule is COCc1noc(CN[C@@H]2CCCSC2)n1. The third kappa shape index (κ3) is 3.47. The molecule has 1 fully saturated rings. The molecule has 0 radical (unpaired) electrons. The molecule has 6 heteroatoms. The molecule has 0 unspecified atom stereocenters. The summed E-state index contributed by atoms with van der Waals surface area (Å²) in [6.07, 6.45) is 2.53. The highest BCUT2D eigenvalue weighted by atomic mass is 32.2. The molecule has 16 heavy (non-hydrogen) atoms. The van der Waals surface area contributed by atoms with Crippen molar-refractivity contribution >= 4 is 11.8 Å². The van der Waals surface area contributed by atoms with Crippen LogP contribution in [0.4, 0.5) is 0 Å². The largest absolute Gasteiger partial charge is 0.377 e. The van der Waals surface area contributed by atoms with Gasteiger partial charge in [0.1, 0.15) is 6.61 Å². The molecule has 1 saturated heterocycles. The molecule has 0 aliphatic carbocycles. The van der Waals surface area contributed by atoms with E-state index in [0.29, 0.717) is 30.9 Å². The van der Waals surface area contributed by atoms with Gasteiger partial charge in [-0.25, -0.2) is 0 Å². The summed E-state index contributed by atoms with van der Waals surface area (Å²) in [7, 11) is 1.62. The summed E-state index contributed by atoms with van der Waals surface area (Å²) in [5.41, 5.74) is 0. The van der Waals surface area contributed by atoms with Crippen molar-refractivity contribution in [2.75, 3.05) is 18.6 Å². The normalized spacial score (nSPS) is 21.2. The first-order valence-electron chi connectivity index (χ1n) is 5.50. The van der Waals surface area contributed by atoms with Crippen molar-refractivity contribution in [1.82, 2.24) is 15.5 Å². The minimum Gasteiger partial charge on any atom is -0.377 e. The summed E-state index contributed by atoms with van der Waals surface area (Å²) in [5.74, 6) is 3.72. The van der Waals surface area contributed by atoms with Crippen LogP contribution in [-0.4, -0.2) is 34.8 Å². The van der Waals surface area contributed by atoms with Crippen LogP contribution in [0.25, 0.3) is 0 Å². The number of hydrogen-bond acceptors (Lipinski definition) is 6. The lowest BCUT2D eigenvalue weighted by molar-refractivity contribution is 0.174. The van der Waals surface area contributed by atoms with Crippen LogP contribution in [0.15, 0.2) is 4.52 Å². The summed E-state index contributed by atoms with van der Waals surface area (Å²) in [5, 5.41) is 7.25. The van der Waals surface area contributed by atoms with Crippen molar-refractivity contribution in [1.29, 1.82) is 0 Å². The summed E-state index contributed by atoms with van der Waals surface area (Å²) in [6, 6.07) is 0.580. The van der Waals surface area contributed by atoms with E-state index in [4.69, 9.17) is 9.26 Å². The van der Waals surface area contributed by atoms with Crippen molar-refractivity contribution in [3.8, 4) is 0 Å². The van der Waals surface area contributed by atoms with Crippen LogP contribution in [0.2, 0.25) is 0 Å². The second-order valence-corrected chi connectivity index (χ2v) is 4.98. The van der Waals surface area contributed by atoms with E-state index in [-0.39, 0.29) is 0 Å². The smallest absolute Gasteiger partial charge is 0.240 e. The monoisotopic (exact) mass is 243 g/mol. The molecule has 5 nitrogen and oxygen atoms in total. The molecule has 1 atom stereocenters. The molecule has 2 heterocycles. The summed E-state index contributed by atoms with van der Waals surface area (Å²) < 4.78 is 10.0. The minimum atomic E-state index is 0.406. The standard InChI is InChI=1S/C10H17N3O2S/c1-14-6-9-12-10(15-13-9)5-11-8-3-2-4-16-7-8/h8,11H,2-7H2,1H3/t8-/m1/s1. The van der Waals surface area contributed by atoms with Gasteiger partial charge in [0, 0.05) is 18.9 Å². The van der Waals surface area contributed by atoms with Gasteiger partial charge in [-0.05, 0) is 18.6 Å². The Morgan fingerprint density at radius 2 is 2.56 bits per heavy atom. The zero-order chi connectivity index (χ0) is 11.2. The van der Waals surface area contributed by atoms with E-state index in [2.05, 4.69) is 15.5 Å². The van der Waals surface area contributed by atoms with Gasteiger partial charge in [0.05, 0.1) is 6.54 Å². The van der Waals surface area contributed by atoms with Gasteiger partial charge in [0.15, 0.2) is 5.82 Å². The maximum absolute atomic E-state index is 5.10. The number of thioether (sulfide) groups is 1. The molecular weight excluding hydrogens is 226 g/mol. The van der Waals surface area contributed by atoms with Crippen molar-refractivity contribution in [3.05, 3.63) is 11.7 Å². The lowest BCUT2D eigenvalue weighted by atomic mass is 10.2. The Balaban J connectivity index is 1.75. The molecule has 90 valence electrons. The van der Waals surface area contributed by atoms with Gasteiger partial charge in [-0.15, -0.1) is 0 Å². The molecule has 1 aliphatic rings. The van der Waals surface area contributed by atoms with E-state index in [0.717, 1.165) is 0 Å². The maximum Gasteiger partial charge on any atom is 0.240 e. The van der Waals surface area contributed by atoms with E-state index in [1.165, 1.54) is 24.3 Å². The van der Waals surface area contributed by atoms with Gasteiger partial charge in [0.25, 0.3) is 0 Å². The molecule has 0 aromatic carbocycles. The molecule has 0 spiro atoms. The first-order valence-corrected chi connectivity index (χ1v) is 6.65. The van der Waals surface area contributed by atoms with Crippen molar-refractivity contribution in [3.63, 3.8) is 0 Å².